The molecule has 0 aliphatic carbocycles. The Morgan fingerprint density at radius 2 is 2.05 bits per heavy atom. The summed E-state index contributed by atoms with van der Waals surface area (Å²) in [6.07, 6.45) is 0.781. The van der Waals surface area contributed by atoms with Crippen LogP contribution >= 0.6 is 11.6 Å². The van der Waals surface area contributed by atoms with Gasteiger partial charge in [0.15, 0.2) is 0 Å². The monoisotopic (exact) mass is 281 g/mol. The minimum atomic E-state index is -0.202. The second-order valence-electron chi connectivity index (χ2n) is 4.95. The van der Waals surface area contributed by atoms with Crippen LogP contribution in [0.3, 0.4) is 0 Å². The standard InChI is InChI=1S/C14H17ClFN3/c1-9(2)13-17-18-14(15)19(13)7-6-11-4-5-12(16)8-10(11)3/h4-5,8-9H,6-7H2,1-3H3. The zero-order chi connectivity index (χ0) is 14.0. The minimum Gasteiger partial charge on any atom is -0.301 e. The summed E-state index contributed by atoms with van der Waals surface area (Å²) in [5.74, 6) is 0.950. The molecule has 0 bridgehead atoms. The molecule has 1 aromatic heterocycles. The smallest absolute Gasteiger partial charge is 0.225 e. The quantitative estimate of drug-likeness (QED) is 0.855. The predicted octanol–water partition coefficient (Wildman–Crippen LogP) is 3.75. The molecule has 0 saturated heterocycles. The second-order valence-corrected chi connectivity index (χ2v) is 5.29. The van der Waals surface area contributed by atoms with Crippen molar-refractivity contribution in [2.45, 2.75) is 39.7 Å². The molecule has 0 atom stereocenters. The van der Waals surface area contributed by atoms with Crippen LogP contribution < -0.4 is 0 Å². The van der Waals surface area contributed by atoms with E-state index in [1.165, 1.54) is 6.07 Å². The molecule has 0 N–H and O–H groups in total. The molecule has 1 aromatic carbocycles. The molecule has 3 nitrogen and oxygen atoms in total. The van der Waals surface area contributed by atoms with Crippen molar-refractivity contribution in [1.29, 1.82) is 0 Å². The van der Waals surface area contributed by atoms with E-state index in [2.05, 4.69) is 24.0 Å². The van der Waals surface area contributed by atoms with E-state index in [0.717, 1.165) is 23.4 Å². The van der Waals surface area contributed by atoms with Crippen molar-refractivity contribution in [3.8, 4) is 0 Å². The first kappa shape index (κ1) is 14.0. The lowest BCUT2D eigenvalue weighted by Crippen LogP contribution is -2.08. The summed E-state index contributed by atoms with van der Waals surface area (Å²) in [5, 5.41) is 8.40. The Morgan fingerprint density at radius 3 is 2.68 bits per heavy atom. The highest BCUT2D eigenvalue weighted by atomic mass is 35.5. The van der Waals surface area contributed by atoms with Crippen LogP contribution in [0.1, 0.15) is 36.7 Å². The van der Waals surface area contributed by atoms with Crippen molar-refractivity contribution < 1.29 is 4.39 Å². The Morgan fingerprint density at radius 1 is 1.32 bits per heavy atom. The summed E-state index contributed by atoms with van der Waals surface area (Å²) in [5.41, 5.74) is 2.07. The van der Waals surface area contributed by atoms with Gasteiger partial charge in [-0.1, -0.05) is 19.9 Å². The topological polar surface area (TPSA) is 30.7 Å². The van der Waals surface area contributed by atoms with Crippen LogP contribution in [-0.4, -0.2) is 14.8 Å². The maximum absolute atomic E-state index is 13.0. The highest BCUT2D eigenvalue weighted by Gasteiger charge is 2.13. The third kappa shape index (κ3) is 3.13. The fourth-order valence-corrected chi connectivity index (χ4v) is 2.31. The Hall–Kier alpha value is -1.42. The molecule has 0 saturated carbocycles. The first-order valence-electron chi connectivity index (χ1n) is 6.32. The van der Waals surface area contributed by atoms with E-state index in [1.54, 1.807) is 6.07 Å². The van der Waals surface area contributed by atoms with E-state index in [0.29, 0.717) is 11.8 Å². The van der Waals surface area contributed by atoms with Crippen LogP contribution in [-0.2, 0) is 13.0 Å². The van der Waals surface area contributed by atoms with Gasteiger partial charge >= 0.3 is 0 Å². The highest BCUT2D eigenvalue weighted by Crippen LogP contribution is 2.18. The van der Waals surface area contributed by atoms with Crippen molar-refractivity contribution in [1.82, 2.24) is 14.8 Å². The van der Waals surface area contributed by atoms with Crippen LogP contribution in [0.25, 0.3) is 0 Å². The summed E-state index contributed by atoms with van der Waals surface area (Å²) in [4.78, 5) is 0. The van der Waals surface area contributed by atoms with Crippen molar-refractivity contribution >= 4 is 11.6 Å². The molecule has 19 heavy (non-hydrogen) atoms. The number of aromatic nitrogens is 3. The number of nitrogens with zero attached hydrogens (tertiary/aromatic N) is 3. The molecule has 0 aliphatic rings. The zero-order valence-electron chi connectivity index (χ0n) is 11.3. The average molecular weight is 282 g/mol. The van der Waals surface area contributed by atoms with Gasteiger partial charge in [-0.05, 0) is 48.2 Å². The Bertz CT molecular complexity index is 578. The lowest BCUT2D eigenvalue weighted by atomic mass is 10.1. The zero-order valence-corrected chi connectivity index (χ0v) is 12.1. The van der Waals surface area contributed by atoms with Gasteiger partial charge in [-0.2, -0.15) is 0 Å². The molecule has 2 rings (SSSR count). The highest BCUT2D eigenvalue weighted by molar-refractivity contribution is 6.28. The number of hydrogen-bond acceptors (Lipinski definition) is 2. The maximum Gasteiger partial charge on any atom is 0.225 e. The van der Waals surface area contributed by atoms with Crippen LogP contribution in [0.15, 0.2) is 18.2 Å². The fourth-order valence-electron chi connectivity index (χ4n) is 2.10. The Labute approximate surface area is 117 Å². The van der Waals surface area contributed by atoms with E-state index >= 15 is 0 Å². The lowest BCUT2D eigenvalue weighted by molar-refractivity contribution is 0.612. The van der Waals surface area contributed by atoms with Gasteiger partial charge in [0.1, 0.15) is 11.6 Å². The number of hydrogen-bond donors (Lipinski definition) is 0. The van der Waals surface area contributed by atoms with E-state index in [-0.39, 0.29) is 11.7 Å². The van der Waals surface area contributed by atoms with Gasteiger partial charge < -0.3 is 4.57 Å². The molecule has 2 aromatic rings. The van der Waals surface area contributed by atoms with Crippen molar-refractivity contribution in [2.75, 3.05) is 0 Å². The first-order chi connectivity index (χ1) is 8.99. The SMILES string of the molecule is Cc1cc(F)ccc1CCn1c(Cl)nnc1C(C)C. The first-order valence-corrected chi connectivity index (χ1v) is 6.70. The molecule has 0 amide bonds. The molecule has 0 aliphatic heterocycles. The van der Waals surface area contributed by atoms with Crippen LogP contribution in [0.4, 0.5) is 4.39 Å². The molecule has 5 heteroatoms. The van der Waals surface area contributed by atoms with E-state index in [9.17, 15) is 4.39 Å². The Kier molecular flexibility index (Phi) is 4.20. The predicted molar refractivity (Wildman–Crippen MR) is 74.0 cm³/mol. The average Bonchev–Trinajstić information content (AvgIpc) is 2.70. The van der Waals surface area contributed by atoms with Crippen molar-refractivity contribution in [3.05, 3.63) is 46.3 Å². The maximum atomic E-state index is 13.0. The summed E-state index contributed by atoms with van der Waals surface area (Å²) in [6, 6.07) is 4.85. The summed E-state index contributed by atoms with van der Waals surface area (Å²) in [6.45, 7) is 6.72. The Balaban J connectivity index is 2.16. The molecule has 0 spiro atoms. The molecule has 102 valence electrons. The molecule has 1 heterocycles. The molecular formula is C14H17ClFN3. The minimum absolute atomic E-state index is 0.202. The van der Waals surface area contributed by atoms with Gasteiger partial charge in [0.25, 0.3) is 0 Å². The van der Waals surface area contributed by atoms with E-state index in [4.69, 9.17) is 11.6 Å². The normalized spacial score (nSPS) is 11.3. The van der Waals surface area contributed by atoms with Gasteiger partial charge in [-0.25, -0.2) is 4.39 Å². The molecular weight excluding hydrogens is 265 g/mol. The summed E-state index contributed by atoms with van der Waals surface area (Å²) < 4.78 is 15.0. The van der Waals surface area contributed by atoms with Crippen LogP contribution in [0.2, 0.25) is 5.28 Å². The van der Waals surface area contributed by atoms with Crippen molar-refractivity contribution in [2.24, 2.45) is 0 Å². The number of halogens is 2. The summed E-state index contributed by atoms with van der Waals surface area (Å²) >= 11 is 6.05. The lowest BCUT2D eigenvalue weighted by Gasteiger charge is -2.11. The van der Waals surface area contributed by atoms with Gasteiger partial charge in [-0.15, -0.1) is 10.2 Å². The fraction of sp³-hybridized carbons (Fsp3) is 0.429. The third-order valence-corrected chi connectivity index (χ3v) is 3.44. The van der Waals surface area contributed by atoms with Gasteiger partial charge in [0.05, 0.1) is 0 Å². The third-order valence-electron chi connectivity index (χ3n) is 3.16. The number of aryl methyl sites for hydroxylation is 2. The van der Waals surface area contributed by atoms with Crippen LogP contribution in [0, 0.1) is 12.7 Å². The van der Waals surface area contributed by atoms with Gasteiger partial charge in [0.2, 0.25) is 5.28 Å². The number of rotatable bonds is 4. The number of benzene rings is 1. The second kappa shape index (κ2) is 5.70. The van der Waals surface area contributed by atoms with Crippen molar-refractivity contribution in [3.63, 3.8) is 0 Å². The van der Waals surface area contributed by atoms with Gasteiger partial charge in [0, 0.05) is 12.5 Å². The molecule has 0 fully saturated rings. The van der Waals surface area contributed by atoms with E-state index < -0.39 is 0 Å². The van der Waals surface area contributed by atoms with Crippen LogP contribution in [0.5, 0.6) is 0 Å². The molecule has 0 radical (unpaired) electrons. The largest absolute Gasteiger partial charge is 0.301 e. The van der Waals surface area contributed by atoms with Gasteiger partial charge in [-0.3, -0.25) is 0 Å². The van der Waals surface area contributed by atoms with E-state index in [1.807, 2.05) is 17.6 Å². The summed E-state index contributed by atoms with van der Waals surface area (Å²) in [7, 11) is 0. The molecule has 0 unspecified atom stereocenters.